The van der Waals surface area contributed by atoms with E-state index in [1.165, 1.54) is 5.56 Å². The summed E-state index contributed by atoms with van der Waals surface area (Å²) in [7, 11) is 0. The van der Waals surface area contributed by atoms with Crippen molar-refractivity contribution in [2.75, 3.05) is 5.73 Å². The summed E-state index contributed by atoms with van der Waals surface area (Å²) in [5.41, 5.74) is 10.1. The number of hydrogen-bond donors (Lipinski definition) is 1. The monoisotopic (exact) mass is 190 g/mol. The highest BCUT2D eigenvalue weighted by Gasteiger charge is 2.00. The van der Waals surface area contributed by atoms with Crippen LogP contribution in [-0.2, 0) is 0 Å². The fourth-order valence-corrected chi connectivity index (χ4v) is 1.35. The van der Waals surface area contributed by atoms with Crippen LogP contribution in [-0.4, -0.2) is 12.3 Å². The van der Waals surface area contributed by atoms with Crippen molar-refractivity contribution in [3.63, 3.8) is 0 Å². The van der Waals surface area contributed by atoms with E-state index in [0.717, 1.165) is 16.8 Å². The number of aliphatic imine (C=N–C) groups is 1. The molecular weight excluding hydrogens is 172 g/mol. The Morgan fingerprint density at radius 1 is 1.29 bits per heavy atom. The van der Waals surface area contributed by atoms with Gasteiger partial charge in [-0.15, -0.1) is 0 Å². The SMILES string of the molecule is Cc1cc(C)c(N)c(C=NC(C)C)c1. The zero-order valence-corrected chi connectivity index (χ0v) is 9.33. The van der Waals surface area contributed by atoms with Crippen LogP contribution < -0.4 is 5.73 Å². The summed E-state index contributed by atoms with van der Waals surface area (Å²) < 4.78 is 0. The minimum atomic E-state index is 0.315. The normalized spacial score (nSPS) is 11.5. The van der Waals surface area contributed by atoms with Gasteiger partial charge in [0.15, 0.2) is 0 Å². The summed E-state index contributed by atoms with van der Waals surface area (Å²) in [6, 6.07) is 4.46. The zero-order chi connectivity index (χ0) is 10.7. The third-order valence-corrected chi connectivity index (χ3v) is 2.07. The molecule has 2 heteroatoms. The molecule has 14 heavy (non-hydrogen) atoms. The fraction of sp³-hybridized carbons (Fsp3) is 0.417. The predicted molar refractivity (Wildman–Crippen MR) is 63.1 cm³/mol. The smallest absolute Gasteiger partial charge is 0.0443 e. The van der Waals surface area contributed by atoms with Crippen molar-refractivity contribution in [3.8, 4) is 0 Å². The van der Waals surface area contributed by atoms with E-state index in [9.17, 15) is 0 Å². The van der Waals surface area contributed by atoms with E-state index in [1.807, 2.05) is 13.1 Å². The van der Waals surface area contributed by atoms with Gasteiger partial charge in [-0.2, -0.15) is 0 Å². The van der Waals surface area contributed by atoms with Crippen LogP contribution >= 0.6 is 0 Å². The van der Waals surface area contributed by atoms with Crippen LogP contribution in [0.2, 0.25) is 0 Å². The molecule has 0 radical (unpaired) electrons. The van der Waals surface area contributed by atoms with Gasteiger partial charge in [0.05, 0.1) is 0 Å². The van der Waals surface area contributed by atoms with Gasteiger partial charge in [0.2, 0.25) is 0 Å². The number of aryl methyl sites for hydroxylation is 2. The Labute approximate surface area is 85.9 Å². The largest absolute Gasteiger partial charge is 0.398 e. The van der Waals surface area contributed by atoms with E-state index < -0.39 is 0 Å². The van der Waals surface area contributed by atoms with Crippen molar-refractivity contribution in [2.24, 2.45) is 4.99 Å². The van der Waals surface area contributed by atoms with E-state index in [2.05, 4.69) is 37.9 Å². The van der Waals surface area contributed by atoms with Gasteiger partial charge in [0.1, 0.15) is 0 Å². The first-order valence-electron chi connectivity index (χ1n) is 4.90. The lowest BCUT2D eigenvalue weighted by Gasteiger charge is -2.06. The maximum Gasteiger partial charge on any atom is 0.0443 e. The first-order chi connectivity index (χ1) is 6.50. The summed E-state index contributed by atoms with van der Waals surface area (Å²) in [4.78, 5) is 4.33. The number of nitrogen functional groups attached to an aromatic ring is 1. The topological polar surface area (TPSA) is 38.4 Å². The molecule has 0 spiro atoms. The third-order valence-electron chi connectivity index (χ3n) is 2.07. The molecule has 0 heterocycles. The van der Waals surface area contributed by atoms with E-state index in [4.69, 9.17) is 5.73 Å². The van der Waals surface area contributed by atoms with Crippen molar-refractivity contribution in [2.45, 2.75) is 33.7 Å². The number of benzene rings is 1. The third kappa shape index (κ3) is 2.59. The Hall–Kier alpha value is -1.31. The molecule has 0 saturated carbocycles. The molecule has 0 atom stereocenters. The van der Waals surface area contributed by atoms with Crippen LogP contribution in [0.1, 0.15) is 30.5 Å². The summed E-state index contributed by atoms with van der Waals surface area (Å²) in [6.07, 6.45) is 1.86. The minimum absolute atomic E-state index is 0.315. The average Bonchev–Trinajstić information content (AvgIpc) is 2.08. The second kappa shape index (κ2) is 4.27. The summed E-state index contributed by atoms with van der Waals surface area (Å²) >= 11 is 0. The highest BCUT2D eigenvalue weighted by molar-refractivity contribution is 5.88. The second-order valence-electron chi connectivity index (χ2n) is 3.96. The molecule has 0 unspecified atom stereocenters. The maximum atomic E-state index is 5.95. The Kier molecular flexibility index (Phi) is 3.28. The molecule has 2 N–H and O–H groups in total. The van der Waals surface area contributed by atoms with Gasteiger partial charge in [0.25, 0.3) is 0 Å². The first-order valence-corrected chi connectivity index (χ1v) is 4.90. The van der Waals surface area contributed by atoms with Gasteiger partial charge in [-0.1, -0.05) is 11.6 Å². The number of hydrogen-bond acceptors (Lipinski definition) is 2. The lowest BCUT2D eigenvalue weighted by Crippen LogP contribution is -1.99. The highest BCUT2D eigenvalue weighted by atomic mass is 14.7. The lowest BCUT2D eigenvalue weighted by molar-refractivity contribution is 0.841. The lowest BCUT2D eigenvalue weighted by atomic mass is 10.1. The Bertz CT molecular complexity index is 352. The van der Waals surface area contributed by atoms with Crippen molar-refractivity contribution in [1.82, 2.24) is 0 Å². The second-order valence-corrected chi connectivity index (χ2v) is 3.96. The first kappa shape index (κ1) is 10.8. The minimum Gasteiger partial charge on any atom is -0.398 e. The van der Waals surface area contributed by atoms with E-state index in [1.54, 1.807) is 0 Å². The van der Waals surface area contributed by atoms with Crippen LogP contribution in [0.4, 0.5) is 5.69 Å². The van der Waals surface area contributed by atoms with Crippen LogP contribution in [0, 0.1) is 13.8 Å². The molecule has 0 fully saturated rings. The highest BCUT2D eigenvalue weighted by Crippen LogP contribution is 2.17. The van der Waals surface area contributed by atoms with Crippen molar-refractivity contribution in [1.29, 1.82) is 0 Å². The predicted octanol–water partition coefficient (Wildman–Crippen LogP) is 2.71. The van der Waals surface area contributed by atoms with E-state index >= 15 is 0 Å². The molecule has 0 bridgehead atoms. The molecule has 0 aromatic heterocycles. The van der Waals surface area contributed by atoms with Crippen molar-refractivity contribution in [3.05, 3.63) is 28.8 Å². The molecule has 0 aliphatic rings. The quantitative estimate of drug-likeness (QED) is 0.565. The Morgan fingerprint density at radius 2 is 1.93 bits per heavy atom. The average molecular weight is 190 g/mol. The molecule has 0 saturated heterocycles. The maximum absolute atomic E-state index is 5.95. The zero-order valence-electron chi connectivity index (χ0n) is 9.33. The van der Waals surface area contributed by atoms with Gasteiger partial charge < -0.3 is 5.73 Å². The van der Waals surface area contributed by atoms with Gasteiger partial charge in [-0.25, -0.2) is 0 Å². The van der Waals surface area contributed by atoms with Crippen LogP contribution in [0.5, 0.6) is 0 Å². The number of anilines is 1. The molecule has 1 aromatic carbocycles. The molecule has 0 aliphatic heterocycles. The number of nitrogens with two attached hydrogens (primary N) is 1. The number of nitrogens with zero attached hydrogens (tertiary/aromatic N) is 1. The molecule has 1 rings (SSSR count). The van der Waals surface area contributed by atoms with Gasteiger partial charge in [0, 0.05) is 23.5 Å². The van der Waals surface area contributed by atoms with E-state index in [-0.39, 0.29) is 0 Å². The number of rotatable bonds is 2. The Balaban J connectivity index is 3.08. The van der Waals surface area contributed by atoms with Gasteiger partial charge in [-0.05, 0) is 39.3 Å². The summed E-state index contributed by atoms with van der Waals surface area (Å²) in [5.74, 6) is 0. The van der Waals surface area contributed by atoms with E-state index in [0.29, 0.717) is 6.04 Å². The standard InChI is InChI=1S/C12H18N2/c1-8(2)14-7-11-6-9(3)5-10(4)12(11)13/h5-8H,13H2,1-4H3. The molecular formula is C12H18N2. The van der Waals surface area contributed by atoms with Crippen LogP contribution in [0.25, 0.3) is 0 Å². The molecule has 76 valence electrons. The molecule has 0 aliphatic carbocycles. The van der Waals surface area contributed by atoms with Crippen LogP contribution in [0.3, 0.4) is 0 Å². The van der Waals surface area contributed by atoms with Crippen molar-refractivity contribution >= 4 is 11.9 Å². The fourth-order valence-electron chi connectivity index (χ4n) is 1.35. The molecule has 2 nitrogen and oxygen atoms in total. The molecule has 1 aromatic rings. The summed E-state index contributed by atoms with van der Waals surface area (Å²) in [6.45, 7) is 8.19. The van der Waals surface area contributed by atoms with Crippen molar-refractivity contribution < 1.29 is 0 Å². The summed E-state index contributed by atoms with van der Waals surface area (Å²) in [5, 5.41) is 0. The molecule has 0 amide bonds. The Morgan fingerprint density at radius 3 is 2.50 bits per heavy atom. The van der Waals surface area contributed by atoms with Crippen LogP contribution in [0.15, 0.2) is 17.1 Å². The van der Waals surface area contributed by atoms with Gasteiger partial charge >= 0.3 is 0 Å². The van der Waals surface area contributed by atoms with Gasteiger partial charge in [-0.3, -0.25) is 4.99 Å².